The molecule has 2 fully saturated rings. The molecule has 2 aliphatic rings. The lowest BCUT2D eigenvalue weighted by Crippen LogP contribution is -2.29. The van der Waals surface area contributed by atoms with Crippen LogP contribution in [-0.4, -0.2) is 59.6 Å². The van der Waals surface area contributed by atoms with Gasteiger partial charge >= 0.3 is 0 Å². The Morgan fingerprint density at radius 2 is 1.90 bits per heavy atom. The molecule has 1 aliphatic carbocycles. The lowest BCUT2D eigenvalue weighted by molar-refractivity contribution is -0.115. The van der Waals surface area contributed by atoms with Gasteiger partial charge in [0.2, 0.25) is 5.91 Å². The number of aromatic nitrogens is 2. The molecule has 30 heavy (non-hydrogen) atoms. The van der Waals surface area contributed by atoms with Crippen LogP contribution in [0.5, 0.6) is 5.75 Å². The third-order valence-corrected chi connectivity index (χ3v) is 5.75. The van der Waals surface area contributed by atoms with Gasteiger partial charge in [-0.2, -0.15) is 0 Å². The summed E-state index contributed by atoms with van der Waals surface area (Å²) in [5.74, 6) is 0.762. The van der Waals surface area contributed by atoms with E-state index >= 15 is 0 Å². The Kier molecular flexibility index (Phi) is 6.59. The standard InChI is InChI=1S/C23H31N5O2/c1-16-23(17(2)26-15-25-16)20-13-19(27-22(29)14-24-18-5-6-18)7-8-21(20)30-12-11-28-9-3-4-10-28/h7-8,13,15,18,24H,3-6,9-12,14H2,1-2H3,(H,27,29). The van der Waals surface area contributed by atoms with Crippen LogP contribution in [0.1, 0.15) is 37.1 Å². The minimum absolute atomic E-state index is 0.0340. The lowest BCUT2D eigenvalue weighted by Gasteiger charge is -2.18. The zero-order valence-electron chi connectivity index (χ0n) is 17.9. The average molecular weight is 410 g/mol. The van der Waals surface area contributed by atoms with Crippen molar-refractivity contribution in [1.82, 2.24) is 20.2 Å². The Bertz CT molecular complexity index is 871. The number of likely N-dealkylation sites (tertiary alicyclic amines) is 1. The van der Waals surface area contributed by atoms with E-state index in [1.54, 1.807) is 6.33 Å². The van der Waals surface area contributed by atoms with Crippen molar-refractivity contribution in [3.8, 4) is 16.9 Å². The van der Waals surface area contributed by atoms with E-state index in [4.69, 9.17) is 4.74 Å². The van der Waals surface area contributed by atoms with Crippen LogP contribution in [0.3, 0.4) is 0 Å². The minimum Gasteiger partial charge on any atom is -0.492 e. The highest BCUT2D eigenvalue weighted by atomic mass is 16.5. The van der Waals surface area contributed by atoms with Crippen molar-refractivity contribution >= 4 is 11.6 Å². The first kappa shape index (κ1) is 20.8. The number of benzene rings is 1. The number of nitrogens with zero attached hydrogens (tertiary/aromatic N) is 3. The minimum atomic E-state index is -0.0340. The van der Waals surface area contributed by atoms with Gasteiger partial charge in [0, 0.05) is 40.8 Å². The zero-order valence-corrected chi connectivity index (χ0v) is 17.9. The smallest absolute Gasteiger partial charge is 0.238 e. The molecule has 0 atom stereocenters. The van der Waals surface area contributed by atoms with Crippen LogP contribution in [0.25, 0.3) is 11.1 Å². The topological polar surface area (TPSA) is 79.4 Å². The Hall–Kier alpha value is -2.51. The van der Waals surface area contributed by atoms with Crippen LogP contribution in [0.2, 0.25) is 0 Å². The summed E-state index contributed by atoms with van der Waals surface area (Å²) in [7, 11) is 0. The largest absolute Gasteiger partial charge is 0.492 e. The van der Waals surface area contributed by atoms with Gasteiger partial charge in [0.25, 0.3) is 0 Å². The molecule has 1 amide bonds. The maximum absolute atomic E-state index is 12.3. The third-order valence-electron chi connectivity index (χ3n) is 5.75. The summed E-state index contributed by atoms with van der Waals surface area (Å²) in [6, 6.07) is 6.32. The number of ether oxygens (including phenoxy) is 1. The average Bonchev–Trinajstić information content (AvgIpc) is 3.41. The van der Waals surface area contributed by atoms with Crippen molar-refractivity contribution in [1.29, 1.82) is 0 Å². The Morgan fingerprint density at radius 1 is 1.17 bits per heavy atom. The van der Waals surface area contributed by atoms with E-state index in [0.717, 1.165) is 66.4 Å². The highest BCUT2D eigenvalue weighted by molar-refractivity contribution is 5.93. The molecule has 2 aromatic rings. The van der Waals surface area contributed by atoms with Crippen molar-refractivity contribution in [2.45, 2.75) is 45.6 Å². The highest BCUT2D eigenvalue weighted by Gasteiger charge is 2.21. The molecule has 7 nitrogen and oxygen atoms in total. The van der Waals surface area contributed by atoms with Gasteiger partial charge in [-0.1, -0.05) is 0 Å². The number of carbonyl (C=O) groups excluding carboxylic acids is 1. The Labute approximate surface area is 178 Å². The van der Waals surface area contributed by atoms with Gasteiger partial charge in [-0.05, 0) is 70.8 Å². The molecule has 2 N–H and O–H groups in total. The number of carbonyl (C=O) groups is 1. The molecule has 0 radical (unpaired) electrons. The molecule has 1 aliphatic heterocycles. The van der Waals surface area contributed by atoms with E-state index in [9.17, 15) is 4.79 Å². The van der Waals surface area contributed by atoms with Gasteiger partial charge in [0.15, 0.2) is 0 Å². The molecule has 7 heteroatoms. The van der Waals surface area contributed by atoms with Crippen molar-refractivity contribution in [2.75, 3.05) is 38.1 Å². The number of aryl methyl sites for hydroxylation is 2. The zero-order chi connectivity index (χ0) is 20.9. The van der Waals surface area contributed by atoms with Crippen molar-refractivity contribution in [3.63, 3.8) is 0 Å². The van der Waals surface area contributed by atoms with Crippen LogP contribution in [0.15, 0.2) is 24.5 Å². The van der Waals surface area contributed by atoms with E-state index in [1.165, 1.54) is 12.8 Å². The van der Waals surface area contributed by atoms with Gasteiger partial charge in [-0.15, -0.1) is 0 Å². The highest BCUT2D eigenvalue weighted by Crippen LogP contribution is 2.35. The second-order valence-electron chi connectivity index (χ2n) is 8.23. The lowest BCUT2D eigenvalue weighted by atomic mass is 10.0. The van der Waals surface area contributed by atoms with Crippen molar-refractivity contribution in [3.05, 3.63) is 35.9 Å². The Balaban J connectivity index is 1.52. The third kappa shape index (κ3) is 5.34. The van der Waals surface area contributed by atoms with Crippen LogP contribution in [0.4, 0.5) is 5.69 Å². The van der Waals surface area contributed by atoms with Gasteiger partial charge in [0.05, 0.1) is 6.54 Å². The summed E-state index contributed by atoms with van der Waals surface area (Å²) in [4.78, 5) is 23.5. The van der Waals surface area contributed by atoms with E-state index < -0.39 is 0 Å². The fraction of sp³-hybridized carbons (Fsp3) is 0.522. The summed E-state index contributed by atoms with van der Waals surface area (Å²) in [5, 5.41) is 6.24. The summed E-state index contributed by atoms with van der Waals surface area (Å²) in [6.45, 7) is 8.15. The number of rotatable bonds is 9. The molecule has 0 bridgehead atoms. The van der Waals surface area contributed by atoms with Crippen LogP contribution >= 0.6 is 0 Å². The van der Waals surface area contributed by atoms with Gasteiger partial charge < -0.3 is 15.4 Å². The number of hydrogen-bond acceptors (Lipinski definition) is 6. The number of anilines is 1. The molecular weight excluding hydrogens is 378 g/mol. The van der Waals surface area contributed by atoms with Crippen LogP contribution < -0.4 is 15.4 Å². The first-order chi connectivity index (χ1) is 14.6. The fourth-order valence-electron chi connectivity index (χ4n) is 3.93. The number of amides is 1. The Morgan fingerprint density at radius 3 is 2.60 bits per heavy atom. The summed E-state index contributed by atoms with van der Waals surface area (Å²) in [6.07, 6.45) is 6.45. The predicted molar refractivity (Wildman–Crippen MR) is 118 cm³/mol. The normalized spacial score (nSPS) is 16.6. The predicted octanol–water partition coefficient (Wildman–Crippen LogP) is 2.93. The van der Waals surface area contributed by atoms with E-state index in [1.807, 2.05) is 32.0 Å². The van der Waals surface area contributed by atoms with Crippen molar-refractivity contribution in [2.24, 2.45) is 0 Å². The van der Waals surface area contributed by atoms with Gasteiger partial charge in [-0.3, -0.25) is 9.69 Å². The van der Waals surface area contributed by atoms with E-state index in [2.05, 4.69) is 25.5 Å². The molecule has 1 aromatic carbocycles. The maximum atomic E-state index is 12.3. The second kappa shape index (κ2) is 9.53. The quantitative estimate of drug-likeness (QED) is 0.663. The van der Waals surface area contributed by atoms with Crippen LogP contribution in [-0.2, 0) is 4.79 Å². The molecular formula is C23H31N5O2. The summed E-state index contributed by atoms with van der Waals surface area (Å²) in [5.41, 5.74) is 4.42. The summed E-state index contributed by atoms with van der Waals surface area (Å²) >= 11 is 0. The maximum Gasteiger partial charge on any atom is 0.238 e. The fourth-order valence-corrected chi connectivity index (χ4v) is 3.93. The molecule has 0 unspecified atom stereocenters. The van der Waals surface area contributed by atoms with Crippen molar-refractivity contribution < 1.29 is 9.53 Å². The van der Waals surface area contributed by atoms with E-state index in [0.29, 0.717) is 19.2 Å². The monoisotopic (exact) mass is 409 g/mol. The molecule has 160 valence electrons. The SMILES string of the molecule is Cc1ncnc(C)c1-c1cc(NC(=O)CNC2CC2)ccc1OCCN1CCCC1. The molecule has 1 saturated heterocycles. The first-order valence-electron chi connectivity index (χ1n) is 10.9. The molecule has 1 saturated carbocycles. The molecule has 2 heterocycles. The second-order valence-corrected chi connectivity index (χ2v) is 8.23. The van der Waals surface area contributed by atoms with Gasteiger partial charge in [-0.25, -0.2) is 9.97 Å². The first-order valence-corrected chi connectivity index (χ1v) is 10.9. The van der Waals surface area contributed by atoms with Gasteiger partial charge in [0.1, 0.15) is 18.7 Å². The van der Waals surface area contributed by atoms with Crippen LogP contribution in [0, 0.1) is 13.8 Å². The number of hydrogen-bond donors (Lipinski definition) is 2. The van der Waals surface area contributed by atoms with E-state index in [-0.39, 0.29) is 5.91 Å². The number of nitrogens with one attached hydrogen (secondary N) is 2. The summed E-state index contributed by atoms with van der Waals surface area (Å²) < 4.78 is 6.19. The molecule has 0 spiro atoms. The molecule has 4 rings (SSSR count). The molecule has 1 aromatic heterocycles.